The highest BCUT2D eigenvalue weighted by atomic mass is 16.6. The van der Waals surface area contributed by atoms with E-state index in [-0.39, 0.29) is 18.4 Å². The van der Waals surface area contributed by atoms with E-state index < -0.39 is 47.6 Å². The smallest absolute Gasteiger partial charge is 0.334 e. The number of ether oxygens (including phenoxy) is 2. The van der Waals surface area contributed by atoms with Gasteiger partial charge in [0.15, 0.2) is 5.78 Å². The van der Waals surface area contributed by atoms with Gasteiger partial charge in [0.25, 0.3) is 0 Å². The molecule has 0 bridgehead atoms. The molecule has 148 valence electrons. The van der Waals surface area contributed by atoms with E-state index in [4.69, 9.17) is 9.47 Å². The van der Waals surface area contributed by atoms with E-state index >= 15 is 0 Å². The van der Waals surface area contributed by atoms with Crippen LogP contribution in [-0.2, 0) is 23.9 Å². The van der Waals surface area contributed by atoms with Crippen molar-refractivity contribution in [3.63, 3.8) is 0 Å². The highest BCUT2D eigenvalue weighted by Crippen LogP contribution is 2.37. The first-order chi connectivity index (χ1) is 12.5. The molecule has 0 saturated carbocycles. The lowest BCUT2D eigenvalue weighted by molar-refractivity contribution is -0.156. The maximum atomic E-state index is 12.5. The summed E-state index contributed by atoms with van der Waals surface area (Å²) in [5, 5.41) is 20.9. The first-order valence-corrected chi connectivity index (χ1v) is 8.83. The van der Waals surface area contributed by atoms with Gasteiger partial charge in [-0.05, 0) is 39.3 Å². The molecule has 7 heteroatoms. The Labute approximate surface area is 158 Å². The van der Waals surface area contributed by atoms with E-state index in [0.29, 0.717) is 11.1 Å². The average molecular weight is 378 g/mol. The molecule has 2 rings (SSSR count). The maximum absolute atomic E-state index is 12.5. The standard InChI is InChI=1S/C20H26O7/c1-6-10(2)18(23)27-15-9-20(5,25)16(22)8-13(21)11(3)7-14-17(15)12(4)19(24)26-14/h6-7,13-15,17,21,25H,4,8-9H2,1-3,5H3/b10-6+,11-7-/t13-,14-,15-,17+,20-/m1/s1. The van der Waals surface area contributed by atoms with Gasteiger partial charge in [-0.15, -0.1) is 0 Å². The minimum absolute atomic E-state index is 0.0956. The number of fused-ring (bicyclic) bond motifs is 1. The van der Waals surface area contributed by atoms with Gasteiger partial charge in [-0.2, -0.15) is 0 Å². The number of allylic oxidation sites excluding steroid dienone is 1. The lowest BCUT2D eigenvalue weighted by Crippen LogP contribution is -2.46. The number of carbonyl (C=O) groups excluding carboxylic acids is 3. The molecule has 0 aromatic heterocycles. The van der Waals surface area contributed by atoms with Crippen molar-refractivity contribution in [1.82, 2.24) is 0 Å². The molecule has 1 fully saturated rings. The minimum atomic E-state index is -1.86. The zero-order chi connectivity index (χ0) is 20.5. The Balaban J connectivity index is 2.52. The van der Waals surface area contributed by atoms with Crippen molar-refractivity contribution in [2.75, 3.05) is 0 Å². The summed E-state index contributed by atoms with van der Waals surface area (Å²) in [4.78, 5) is 36.8. The second-order valence-electron chi connectivity index (χ2n) is 7.37. The van der Waals surface area contributed by atoms with Crippen LogP contribution in [0.3, 0.4) is 0 Å². The second-order valence-corrected chi connectivity index (χ2v) is 7.37. The maximum Gasteiger partial charge on any atom is 0.334 e. The Morgan fingerprint density at radius 2 is 2.07 bits per heavy atom. The minimum Gasteiger partial charge on any atom is -0.458 e. The van der Waals surface area contributed by atoms with Crippen molar-refractivity contribution in [3.05, 3.63) is 35.5 Å². The molecular formula is C20H26O7. The Kier molecular flexibility index (Phi) is 6.07. The van der Waals surface area contributed by atoms with Crippen LogP contribution < -0.4 is 0 Å². The van der Waals surface area contributed by atoms with Crippen LogP contribution in [0.15, 0.2) is 35.5 Å². The lowest BCUT2D eigenvalue weighted by Gasteiger charge is -2.33. The summed E-state index contributed by atoms with van der Waals surface area (Å²) in [5.74, 6) is -2.61. The summed E-state index contributed by atoms with van der Waals surface area (Å²) in [6.07, 6.45) is -0.346. The van der Waals surface area contributed by atoms with Gasteiger partial charge in [0.05, 0.1) is 12.0 Å². The van der Waals surface area contributed by atoms with Crippen LogP contribution in [0.1, 0.15) is 40.5 Å². The van der Waals surface area contributed by atoms with Crippen molar-refractivity contribution in [1.29, 1.82) is 0 Å². The molecule has 5 atom stereocenters. The van der Waals surface area contributed by atoms with Gasteiger partial charge < -0.3 is 19.7 Å². The largest absolute Gasteiger partial charge is 0.458 e. The normalized spacial score (nSPS) is 37.2. The van der Waals surface area contributed by atoms with E-state index in [9.17, 15) is 24.6 Å². The van der Waals surface area contributed by atoms with E-state index in [1.807, 2.05) is 0 Å². The SMILES string of the molecule is C=C1C(=O)O[C@@H]2/C=C(/C)[C@H](O)CC(=O)[C@](C)(O)C[C@@H](OC(=O)/C(C)=C/C)[C@@H]12. The third kappa shape index (κ3) is 4.36. The number of hydrogen-bond acceptors (Lipinski definition) is 7. The molecule has 2 N–H and O–H groups in total. The molecular weight excluding hydrogens is 352 g/mol. The molecule has 0 aromatic rings. The molecule has 0 spiro atoms. The molecule has 0 aromatic carbocycles. The summed E-state index contributed by atoms with van der Waals surface area (Å²) in [5.41, 5.74) is -0.983. The quantitative estimate of drug-likeness (QED) is 0.424. The Morgan fingerprint density at radius 1 is 1.44 bits per heavy atom. The van der Waals surface area contributed by atoms with E-state index in [0.717, 1.165) is 0 Å². The van der Waals surface area contributed by atoms with Gasteiger partial charge in [0.1, 0.15) is 17.8 Å². The van der Waals surface area contributed by atoms with Gasteiger partial charge >= 0.3 is 11.9 Å². The van der Waals surface area contributed by atoms with Crippen LogP contribution in [0.2, 0.25) is 0 Å². The van der Waals surface area contributed by atoms with Crippen LogP contribution in [0.5, 0.6) is 0 Å². The number of rotatable bonds is 2. The number of Topliss-reactive ketones (excluding diaryl/α,β-unsaturated/α-hetero) is 1. The summed E-state index contributed by atoms with van der Waals surface area (Å²) >= 11 is 0. The molecule has 1 heterocycles. The molecule has 0 amide bonds. The van der Waals surface area contributed by atoms with E-state index in [1.54, 1.807) is 32.9 Å². The van der Waals surface area contributed by atoms with E-state index in [2.05, 4.69) is 6.58 Å². The Morgan fingerprint density at radius 3 is 2.67 bits per heavy atom. The van der Waals surface area contributed by atoms with Gasteiger partial charge in [0, 0.05) is 24.0 Å². The van der Waals surface area contributed by atoms with Gasteiger partial charge in [0.2, 0.25) is 0 Å². The number of hydrogen-bond donors (Lipinski definition) is 2. The molecule has 1 aliphatic carbocycles. The highest BCUT2D eigenvalue weighted by Gasteiger charge is 2.48. The van der Waals surface area contributed by atoms with Gasteiger partial charge in [-0.1, -0.05) is 12.7 Å². The second kappa shape index (κ2) is 7.78. The molecule has 27 heavy (non-hydrogen) atoms. The van der Waals surface area contributed by atoms with Crippen LogP contribution in [0.25, 0.3) is 0 Å². The van der Waals surface area contributed by atoms with Crippen molar-refractivity contribution >= 4 is 17.7 Å². The molecule has 0 radical (unpaired) electrons. The fraction of sp³-hybridized carbons (Fsp3) is 0.550. The summed E-state index contributed by atoms with van der Waals surface area (Å²) in [6, 6.07) is 0. The van der Waals surface area contributed by atoms with Crippen LogP contribution in [0.4, 0.5) is 0 Å². The topological polar surface area (TPSA) is 110 Å². The van der Waals surface area contributed by atoms with Crippen molar-refractivity contribution < 1.29 is 34.1 Å². The summed E-state index contributed by atoms with van der Waals surface area (Å²) in [6.45, 7) is 9.91. The van der Waals surface area contributed by atoms with E-state index in [1.165, 1.54) is 6.92 Å². The first-order valence-electron chi connectivity index (χ1n) is 8.83. The van der Waals surface area contributed by atoms with Crippen molar-refractivity contribution in [3.8, 4) is 0 Å². The average Bonchev–Trinajstić information content (AvgIpc) is 2.86. The fourth-order valence-electron chi connectivity index (χ4n) is 3.20. The monoisotopic (exact) mass is 378 g/mol. The first kappa shape index (κ1) is 21.1. The third-order valence-electron chi connectivity index (χ3n) is 5.21. The number of carbonyl (C=O) groups is 3. The molecule has 0 unspecified atom stereocenters. The number of esters is 2. The number of ketones is 1. The predicted octanol–water partition coefficient (Wildman–Crippen LogP) is 1.38. The van der Waals surface area contributed by atoms with Crippen molar-refractivity contribution in [2.45, 2.75) is 64.4 Å². The Bertz CT molecular complexity index is 729. The van der Waals surface area contributed by atoms with Gasteiger partial charge in [-0.25, -0.2) is 9.59 Å². The number of aliphatic hydroxyl groups is 2. The van der Waals surface area contributed by atoms with Crippen molar-refractivity contribution in [2.24, 2.45) is 5.92 Å². The predicted molar refractivity (Wildman–Crippen MR) is 96.4 cm³/mol. The fourth-order valence-corrected chi connectivity index (χ4v) is 3.20. The highest BCUT2D eigenvalue weighted by molar-refractivity contribution is 5.92. The van der Waals surface area contributed by atoms with Gasteiger partial charge in [-0.3, -0.25) is 4.79 Å². The van der Waals surface area contributed by atoms with Crippen LogP contribution in [0, 0.1) is 5.92 Å². The number of aliphatic hydroxyl groups excluding tert-OH is 1. The molecule has 2 aliphatic rings. The summed E-state index contributed by atoms with van der Waals surface area (Å²) < 4.78 is 10.9. The molecule has 7 nitrogen and oxygen atoms in total. The summed E-state index contributed by atoms with van der Waals surface area (Å²) in [7, 11) is 0. The lowest BCUT2D eigenvalue weighted by atomic mass is 9.79. The zero-order valence-electron chi connectivity index (χ0n) is 16.0. The van der Waals surface area contributed by atoms with Crippen LogP contribution in [-0.4, -0.2) is 51.8 Å². The molecule has 1 aliphatic heterocycles. The van der Waals surface area contributed by atoms with Crippen LogP contribution >= 0.6 is 0 Å². The third-order valence-corrected chi connectivity index (χ3v) is 5.21. The molecule has 1 saturated heterocycles. The Hall–Kier alpha value is -2.25. The zero-order valence-corrected chi connectivity index (χ0v) is 16.0.